The van der Waals surface area contributed by atoms with Gasteiger partial charge in [0.2, 0.25) is 5.82 Å². The smallest absolute Gasteiger partial charge is 0.264 e. The standard InChI is InChI=1S/C18H16N6O2S/c1-2-12-8-9-13(26-12)10-14-17(25)20-18(27-14)19-15(16-21-23-24-22-16)11-6-4-3-5-7-11/h3-10,15H,2H2,1H3,(H,19,20,25)(H,21,22,23,24)/b14-10-. The number of tetrazole rings is 1. The third kappa shape index (κ3) is 3.82. The molecular weight excluding hydrogens is 364 g/mol. The predicted molar refractivity (Wildman–Crippen MR) is 102 cm³/mol. The molecule has 1 unspecified atom stereocenters. The van der Waals surface area contributed by atoms with Crippen LogP contribution in [0.1, 0.15) is 35.9 Å². The molecular formula is C18H16N6O2S. The molecule has 27 heavy (non-hydrogen) atoms. The largest absolute Gasteiger partial charge is 0.462 e. The predicted octanol–water partition coefficient (Wildman–Crippen LogP) is 2.70. The Labute approximate surface area is 159 Å². The van der Waals surface area contributed by atoms with E-state index in [0.29, 0.717) is 21.7 Å². The van der Waals surface area contributed by atoms with E-state index in [2.05, 4.69) is 30.9 Å². The quantitative estimate of drug-likeness (QED) is 0.659. The summed E-state index contributed by atoms with van der Waals surface area (Å²) in [6, 6.07) is 12.9. The number of carbonyl (C=O) groups is 1. The maximum atomic E-state index is 12.3. The molecule has 2 N–H and O–H groups in total. The lowest BCUT2D eigenvalue weighted by Crippen LogP contribution is -2.20. The Morgan fingerprint density at radius 3 is 2.81 bits per heavy atom. The number of aliphatic imine (C=N–C) groups is 1. The van der Waals surface area contributed by atoms with Crippen LogP contribution in [0.3, 0.4) is 0 Å². The molecule has 9 heteroatoms. The second-order valence-electron chi connectivity index (χ2n) is 5.74. The molecule has 1 amide bonds. The van der Waals surface area contributed by atoms with Crippen LogP contribution in [0, 0.1) is 0 Å². The van der Waals surface area contributed by atoms with Crippen LogP contribution in [0.25, 0.3) is 6.08 Å². The van der Waals surface area contributed by atoms with Crippen LogP contribution in [-0.2, 0) is 11.2 Å². The van der Waals surface area contributed by atoms with Gasteiger partial charge in [0.25, 0.3) is 5.91 Å². The zero-order chi connectivity index (χ0) is 18.6. The molecule has 0 spiro atoms. The van der Waals surface area contributed by atoms with Gasteiger partial charge in [-0.3, -0.25) is 4.79 Å². The summed E-state index contributed by atoms with van der Waals surface area (Å²) in [5, 5.41) is 17.4. The second kappa shape index (κ2) is 7.58. The van der Waals surface area contributed by atoms with Gasteiger partial charge in [0.1, 0.15) is 17.6 Å². The molecule has 3 heterocycles. The first kappa shape index (κ1) is 17.2. The van der Waals surface area contributed by atoms with E-state index in [9.17, 15) is 4.79 Å². The highest BCUT2D eigenvalue weighted by molar-refractivity contribution is 8.18. The number of aromatic amines is 1. The van der Waals surface area contributed by atoms with Crippen molar-refractivity contribution in [3.63, 3.8) is 0 Å². The number of hydrogen-bond donors (Lipinski definition) is 2. The number of thioether (sulfide) groups is 1. The molecule has 1 atom stereocenters. The summed E-state index contributed by atoms with van der Waals surface area (Å²) in [5.74, 6) is 1.73. The molecule has 1 saturated heterocycles. The molecule has 2 aromatic heterocycles. The molecule has 4 rings (SSSR count). The van der Waals surface area contributed by atoms with Crippen molar-refractivity contribution in [3.8, 4) is 0 Å². The van der Waals surface area contributed by atoms with E-state index in [4.69, 9.17) is 4.42 Å². The molecule has 136 valence electrons. The van der Waals surface area contributed by atoms with Crippen molar-refractivity contribution in [2.45, 2.75) is 19.4 Å². The van der Waals surface area contributed by atoms with Gasteiger partial charge in [-0.1, -0.05) is 42.5 Å². The summed E-state index contributed by atoms with van der Waals surface area (Å²) in [6.07, 6.45) is 2.52. The summed E-state index contributed by atoms with van der Waals surface area (Å²) in [7, 11) is 0. The first-order valence-electron chi connectivity index (χ1n) is 8.38. The molecule has 0 aliphatic carbocycles. The van der Waals surface area contributed by atoms with Crippen molar-refractivity contribution in [2.75, 3.05) is 0 Å². The van der Waals surface area contributed by atoms with Gasteiger partial charge in [-0.05, 0) is 29.5 Å². The second-order valence-corrected chi connectivity index (χ2v) is 6.77. The highest BCUT2D eigenvalue weighted by atomic mass is 32.2. The number of benzene rings is 1. The van der Waals surface area contributed by atoms with Crippen LogP contribution in [0.4, 0.5) is 0 Å². The Hall–Kier alpha value is -3.20. The van der Waals surface area contributed by atoms with Crippen molar-refractivity contribution in [3.05, 3.63) is 70.3 Å². The van der Waals surface area contributed by atoms with Crippen molar-refractivity contribution < 1.29 is 9.21 Å². The summed E-state index contributed by atoms with van der Waals surface area (Å²) >= 11 is 1.26. The molecule has 0 saturated carbocycles. The number of H-pyrrole nitrogens is 1. The molecule has 0 radical (unpaired) electrons. The molecule has 0 bridgehead atoms. The summed E-state index contributed by atoms with van der Waals surface area (Å²) < 4.78 is 5.65. The Bertz CT molecular complexity index is 994. The van der Waals surface area contributed by atoms with Gasteiger partial charge in [-0.15, -0.1) is 10.2 Å². The Morgan fingerprint density at radius 2 is 2.11 bits per heavy atom. The number of rotatable bonds is 5. The summed E-state index contributed by atoms with van der Waals surface area (Å²) in [6.45, 7) is 2.01. The fourth-order valence-electron chi connectivity index (χ4n) is 2.60. The maximum Gasteiger partial charge on any atom is 0.264 e. The number of aromatic nitrogens is 4. The van der Waals surface area contributed by atoms with Gasteiger partial charge >= 0.3 is 0 Å². The molecule has 1 aromatic carbocycles. The molecule has 3 aromatic rings. The molecule has 1 aliphatic rings. The minimum absolute atomic E-state index is 0.215. The van der Waals surface area contributed by atoms with Gasteiger partial charge in [0.15, 0.2) is 5.17 Å². The first-order valence-corrected chi connectivity index (χ1v) is 9.20. The Morgan fingerprint density at radius 1 is 1.26 bits per heavy atom. The van der Waals surface area contributed by atoms with Gasteiger partial charge in [-0.2, -0.15) is 5.21 Å². The Balaban J connectivity index is 1.62. The first-order chi connectivity index (χ1) is 13.2. The normalized spacial score (nSPS) is 18.2. The average molecular weight is 380 g/mol. The lowest BCUT2D eigenvalue weighted by atomic mass is 10.1. The zero-order valence-corrected chi connectivity index (χ0v) is 15.2. The van der Waals surface area contributed by atoms with Crippen molar-refractivity contribution in [1.29, 1.82) is 0 Å². The highest BCUT2D eigenvalue weighted by Crippen LogP contribution is 2.30. The third-order valence-electron chi connectivity index (χ3n) is 3.92. The number of carbonyl (C=O) groups excluding carboxylic acids is 1. The molecule has 1 fully saturated rings. The van der Waals surface area contributed by atoms with Crippen LogP contribution < -0.4 is 5.32 Å². The number of hydrogen-bond acceptors (Lipinski definition) is 7. The van der Waals surface area contributed by atoms with Gasteiger partial charge in [0, 0.05) is 12.5 Å². The van der Waals surface area contributed by atoms with Crippen LogP contribution in [0.5, 0.6) is 0 Å². The van der Waals surface area contributed by atoms with Crippen LogP contribution in [0.15, 0.2) is 56.8 Å². The van der Waals surface area contributed by atoms with E-state index < -0.39 is 6.04 Å². The number of amidine groups is 1. The molecule has 1 aliphatic heterocycles. The monoisotopic (exact) mass is 380 g/mol. The van der Waals surface area contributed by atoms with E-state index in [1.807, 2.05) is 49.4 Å². The summed E-state index contributed by atoms with van der Waals surface area (Å²) in [4.78, 5) is 17.5. The van der Waals surface area contributed by atoms with Crippen molar-refractivity contribution in [1.82, 2.24) is 25.9 Å². The number of amides is 1. The number of nitrogens with one attached hydrogen (secondary N) is 2. The van der Waals surface area contributed by atoms with Crippen LogP contribution >= 0.6 is 11.8 Å². The van der Waals surface area contributed by atoms with Gasteiger partial charge in [-0.25, -0.2) is 4.99 Å². The fourth-order valence-corrected chi connectivity index (χ4v) is 3.43. The van der Waals surface area contributed by atoms with Gasteiger partial charge in [0.05, 0.1) is 4.91 Å². The van der Waals surface area contributed by atoms with E-state index >= 15 is 0 Å². The SMILES string of the molecule is CCc1ccc(/C=C2\SC(=NC(c3ccccc3)c3nn[nH]n3)NC2=O)o1. The van der Waals surface area contributed by atoms with Crippen LogP contribution in [-0.4, -0.2) is 31.7 Å². The van der Waals surface area contributed by atoms with E-state index in [1.165, 1.54) is 11.8 Å². The van der Waals surface area contributed by atoms with E-state index in [1.54, 1.807) is 6.08 Å². The molecule has 8 nitrogen and oxygen atoms in total. The minimum atomic E-state index is -0.470. The highest BCUT2D eigenvalue weighted by Gasteiger charge is 2.27. The lowest BCUT2D eigenvalue weighted by Gasteiger charge is -2.09. The Kier molecular flexibility index (Phi) is 4.84. The zero-order valence-electron chi connectivity index (χ0n) is 14.4. The van der Waals surface area contributed by atoms with Crippen LogP contribution in [0.2, 0.25) is 0 Å². The van der Waals surface area contributed by atoms with Crippen molar-refractivity contribution in [2.24, 2.45) is 4.99 Å². The summed E-state index contributed by atoms with van der Waals surface area (Å²) in [5.41, 5.74) is 0.900. The van der Waals surface area contributed by atoms with Gasteiger partial charge < -0.3 is 9.73 Å². The van der Waals surface area contributed by atoms with E-state index in [0.717, 1.165) is 17.7 Å². The maximum absolute atomic E-state index is 12.3. The number of aryl methyl sites for hydroxylation is 1. The fraction of sp³-hybridized carbons (Fsp3) is 0.167. The van der Waals surface area contributed by atoms with E-state index in [-0.39, 0.29) is 5.91 Å². The minimum Gasteiger partial charge on any atom is -0.462 e. The topological polar surface area (TPSA) is 109 Å². The third-order valence-corrected chi connectivity index (χ3v) is 4.85. The average Bonchev–Trinajstić information content (AvgIpc) is 3.43. The lowest BCUT2D eigenvalue weighted by molar-refractivity contribution is -0.115. The number of nitrogens with zero attached hydrogens (tertiary/aromatic N) is 4. The number of furan rings is 1. The van der Waals surface area contributed by atoms with Crippen molar-refractivity contribution >= 4 is 28.9 Å².